The van der Waals surface area contributed by atoms with Gasteiger partial charge in [-0.25, -0.2) is 0 Å². The highest BCUT2D eigenvalue weighted by Crippen LogP contribution is 2.09. The first-order valence-electron chi connectivity index (χ1n) is 7.99. The summed E-state index contributed by atoms with van der Waals surface area (Å²) in [5, 5.41) is 2.88. The number of carbonyl (C=O) groups excluding carboxylic acids is 2. The number of nitrogens with zero attached hydrogens (tertiary/aromatic N) is 2. The van der Waals surface area contributed by atoms with Crippen molar-refractivity contribution in [1.29, 1.82) is 0 Å². The summed E-state index contributed by atoms with van der Waals surface area (Å²) in [5.74, 6) is 1.52. The van der Waals surface area contributed by atoms with Crippen LogP contribution in [0.15, 0.2) is 22.6 Å². The van der Waals surface area contributed by atoms with Gasteiger partial charge in [-0.1, -0.05) is 0 Å². The number of nitrogens with one attached hydrogen (secondary N) is 1. The smallest absolute Gasteiger partial charge is 0.246 e. The largest absolute Gasteiger partial charge is 0.462 e. The molecule has 1 aromatic heterocycles. The van der Waals surface area contributed by atoms with Crippen LogP contribution in [0.4, 0.5) is 0 Å². The molecule has 6 nitrogen and oxygen atoms in total. The van der Waals surface area contributed by atoms with Crippen molar-refractivity contribution in [3.8, 4) is 0 Å². The third-order valence-electron chi connectivity index (χ3n) is 3.65. The van der Waals surface area contributed by atoms with Gasteiger partial charge in [0, 0.05) is 38.3 Å². The van der Waals surface area contributed by atoms with E-state index >= 15 is 0 Å². The van der Waals surface area contributed by atoms with E-state index in [1.165, 1.54) is 0 Å². The molecular formula is C17H25N3O3. The molecule has 1 saturated heterocycles. The molecule has 0 saturated carbocycles. The second-order valence-corrected chi connectivity index (χ2v) is 6.11. The molecule has 0 aliphatic carbocycles. The van der Waals surface area contributed by atoms with Crippen molar-refractivity contribution < 1.29 is 14.0 Å². The van der Waals surface area contributed by atoms with Crippen LogP contribution in [0.25, 0.3) is 6.08 Å². The molecule has 0 spiro atoms. The molecule has 1 fully saturated rings. The summed E-state index contributed by atoms with van der Waals surface area (Å²) in [6.07, 6.45) is 3.23. The first-order chi connectivity index (χ1) is 10.9. The Bertz CT molecular complexity index is 569. The van der Waals surface area contributed by atoms with E-state index in [0.29, 0.717) is 38.5 Å². The van der Waals surface area contributed by atoms with Crippen molar-refractivity contribution in [1.82, 2.24) is 15.1 Å². The molecule has 1 N–H and O–H groups in total. The van der Waals surface area contributed by atoms with Crippen LogP contribution in [0.5, 0.6) is 0 Å². The maximum absolute atomic E-state index is 12.2. The van der Waals surface area contributed by atoms with Crippen LogP contribution >= 0.6 is 0 Å². The van der Waals surface area contributed by atoms with Crippen LogP contribution in [0, 0.1) is 6.92 Å². The van der Waals surface area contributed by atoms with Gasteiger partial charge in [-0.15, -0.1) is 0 Å². The molecule has 0 atom stereocenters. The lowest BCUT2D eigenvalue weighted by atomic mass is 10.3. The number of amides is 2. The molecule has 2 heterocycles. The Kier molecular flexibility index (Phi) is 5.98. The van der Waals surface area contributed by atoms with Gasteiger partial charge >= 0.3 is 0 Å². The maximum Gasteiger partial charge on any atom is 0.246 e. The molecule has 1 aliphatic rings. The fourth-order valence-corrected chi connectivity index (χ4v) is 2.50. The van der Waals surface area contributed by atoms with Gasteiger partial charge in [-0.2, -0.15) is 0 Å². The summed E-state index contributed by atoms with van der Waals surface area (Å²) in [5.41, 5.74) is 0. The van der Waals surface area contributed by atoms with Crippen molar-refractivity contribution in [2.45, 2.75) is 26.8 Å². The number of rotatable bonds is 5. The molecule has 2 rings (SSSR count). The highest BCUT2D eigenvalue weighted by molar-refractivity contribution is 5.91. The Morgan fingerprint density at radius 1 is 1.26 bits per heavy atom. The Hall–Kier alpha value is -2.08. The van der Waals surface area contributed by atoms with Crippen LogP contribution in [-0.4, -0.2) is 60.4 Å². The van der Waals surface area contributed by atoms with E-state index in [2.05, 4.69) is 10.2 Å². The van der Waals surface area contributed by atoms with Crippen molar-refractivity contribution >= 4 is 17.9 Å². The Morgan fingerprint density at radius 3 is 2.52 bits per heavy atom. The van der Waals surface area contributed by atoms with Crippen LogP contribution < -0.4 is 5.32 Å². The third kappa shape index (κ3) is 5.56. The lowest BCUT2D eigenvalue weighted by molar-refractivity contribution is -0.128. The summed E-state index contributed by atoms with van der Waals surface area (Å²) in [4.78, 5) is 27.8. The summed E-state index contributed by atoms with van der Waals surface area (Å²) in [7, 11) is 0. The molecule has 1 aromatic rings. The first-order valence-corrected chi connectivity index (χ1v) is 7.99. The molecule has 2 amide bonds. The molecule has 0 radical (unpaired) electrons. The molecule has 126 valence electrons. The van der Waals surface area contributed by atoms with Crippen molar-refractivity contribution in [3.05, 3.63) is 29.7 Å². The van der Waals surface area contributed by atoms with Crippen LogP contribution in [-0.2, 0) is 9.59 Å². The topological polar surface area (TPSA) is 65.8 Å². The lowest BCUT2D eigenvalue weighted by Crippen LogP contribution is -2.51. The predicted molar refractivity (Wildman–Crippen MR) is 88.8 cm³/mol. The zero-order chi connectivity index (χ0) is 16.8. The lowest BCUT2D eigenvalue weighted by Gasteiger charge is -2.33. The van der Waals surface area contributed by atoms with E-state index < -0.39 is 0 Å². The van der Waals surface area contributed by atoms with Gasteiger partial charge in [-0.05, 0) is 39.0 Å². The van der Waals surface area contributed by atoms with Gasteiger partial charge in [0.25, 0.3) is 0 Å². The minimum absolute atomic E-state index is 0.0228. The van der Waals surface area contributed by atoms with Gasteiger partial charge in [0.15, 0.2) is 0 Å². The number of hydrogen-bond acceptors (Lipinski definition) is 4. The fourth-order valence-electron chi connectivity index (χ4n) is 2.50. The molecule has 1 aliphatic heterocycles. The van der Waals surface area contributed by atoms with E-state index in [0.717, 1.165) is 5.76 Å². The summed E-state index contributed by atoms with van der Waals surface area (Å²) in [6, 6.07) is 3.86. The highest BCUT2D eigenvalue weighted by Gasteiger charge is 2.21. The first kappa shape index (κ1) is 17.3. The molecule has 0 bridgehead atoms. The van der Waals surface area contributed by atoms with Gasteiger partial charge in [-0.3, -0.25) is 14.5 Å². The molecule has 23 heavy (non-hydrogen) atoms. The monoisotopic (exact) mass is 319 g/mol. The Morgan fingerprint density at radius 2 is 1.96 bits per heavy atom. The van der Waals surface area contributed by atoms with Crippen molar-refractivity contribution in [2.24, 2.45) is 0 Å². The van der Waals surface area contributed by atoms with Crippen LogP contribution in [0.2, 0.25) is 0 Å². The molecule has 0 aromatic carbocycles. The van der Waals surface area contributed by atoms with Crippen molar-refractivity contribution in [2.75, 3.05) is 32.7 Å². The maximum atomic E-state index is 12.2. The molecule has 0 unspecified atom stereocenters. The van der Waals surface area contributed by atoms with E-state index in [4.69, 9.17) is 4.42 Å². The number of carbonyl (C=O) groups is 2. The molecule has 6 heteroatoms. The second-order valence-electron chi connectivity index (χ2n) is 6.11. The average Bonchev–Trinajstić information content (AvgIpc) is 2.90. The van der Waals surface area contributed by atoms with E-state index in [1.807, 2.05) is 32.9 Å². The minimum atomic E-state index is -0.0228. The minimum Gasteiger partial charge on any atom is -0.462 e. The number of furan rings is 1. The van der Waals surface area contributed by atoms with Crippen LogP contribution in [0.1, 0.15) is 25.4 Å². The number of hydrogen-bond donors (Lipinski definition) is 1. The van der Waals surface area contributed by atoms with E-state index in [1.54, 1.807) is 17.1 Å². The standard InChI is InChI=1S/C17H25N3O3/c1-13(2)18-16(21)12-19-8-10-20(11-9-19)17(22)7-6-15-5-4-14(3)23-15/h4-7,13H,8-12H2,1-3H3,(H,18,21). The number of piperazine rings is 1. The zero-order valence-electron chi connectivity index (χ0n) is 14.0. The Balaban J connectivity index is 1.76. The van der Waals surface area contributed by atoms with Gasteiger partial charge in [0.05, 0.1) is 6.54 Å². The SMILES string of the molecule is Cc1ccc(C=CC(=O)N2CCN(CC(=O)NC(C)C)CC2)o1. The summed E-state index contributed by atoms with van der Waals surface area (Å²) in [6.45, 7) is 8.85. The van der Waals surface area contributed by atoms with E-state index in [-0.39, 0.29) is 17.9 Å². The van der Waals surface area contributed by atoms with E-state index in [9.17, 15) is 9.59 Å². The number of aryl methyl sites for hydroxylation is 1. The second kappa shape index (κ2) is 7.97. The van der Waals surface area contributed by atoms with Gasteiger partial charge in [0.2, 0.25) is 11.8 Å². The zero-order valence-corrected chi connectivity index (χ0v) is 14.0. The van der Waals surface area contributed by atoms with Gasteiger partial charge < -0.3 is 14.6 Å². The van der Waals surface area contributed by atoms with Crippen LogP contribution in [0.3, 0.4) is 0 Å². The average molecular weight is 319 g/mol. The predicted octanol–water partition coefficient (Wildman–Crippen LogP) is 1.27. The van der Waals surface area contributed by atoms with Crippen molar-refractivity contribution in [3.63, 3.8) is 0 Å². The quantitative estimate of drug-likeness (QED) is 0.830. The fraction of sp³-hybridized carbons (Fsp3) is 0.529. The normalized spacial score (nSPS) is 16.3. The molecular weight excluding hydrogens is 294 g/mol. The summed E-state index contributed by atoms with van der Waals surface area (Å²) >= 11 is 0. The van der Waals surface area contributed by atoms with Gasteiger partial charge in [0.1, 0.15) is 11.5 Å². The highest BCUT2D eigenvalue weighted by atomic mass is 16.3. The third-order valence-corrected chi connectivity index (χ3v) is 3.65. The Labute approximate surface area is 137 Å². The summed E-state index contributed by atoms with van der Waals surface area (Å²) < 4.78 is 5.40.